The number of rotatable bonds is 3. The van der Waals surface area contributed by atoms with Crippen LogP contribution >= 0.6 is 0 Å². The lowest BCUT2D eigenvalue weighted by Gasteiger charge is -2.15. The first kappa shape index (κ1) is 17.2. The van der Waals surface area contributed by atoms with E-state index in [4.69, 9.17) is 4.42 Å². The van der Waals surface area contributed by atoms with Crippen LogP contribution in [0.25, 0.3) is 11.3 Å². The summed E-state index contributed by atoms with van der Waals surface area (Å²) in [5, 5.41) is 0. The zero-order valence-electron chi connectivity index (χ0n) is 15.3. The van der Waals surface area contributed by atoms with Gasteiger partial charge in [-0.1, -0.05) is 67.9 Å². The Balaban J connectivity index is 2.03. The lowest BCUT2D eigenvalue weighted by Crippen LogP contribution is -2.22. The number of aryl methyl sites for hydroxylation is 1. The zero-order valence-corrected chi connectivity index (χ0v) is 15.3. The quantitative estimate of drug-likeness (QED) is 0.490. The van der Waals surface area contributed by atoms with Gasteiger partial charge >= 0.3 is 0 Å². The van der Waals surface area contributed by atoms with E-state index in [1.807, 2.05) is 31.2 Å². The molecule has 4 rings (SSSR count). The number of fused-ring (bicyclic) bond motifs is 2. The molecule has 0 saturated heterocycles. The van der Waals surface area contributed by atoms with Crippen LogP contribution in [0.2, 0.25) is 0 Å². The van der Waals surface area contributed by atoms with Crippen molar-refractivity contribution in [3.8, 4) is 11.3 Å². The molecule has 0 atom stereocenters. The molecule has 1 aromatic heterocycles. The van der Waals surface area contributed by atoms with Gasteiger partial charge in [-0.2, -0.15) is 0 Å². The van der Waals surface area contributed by atoms with Crippen LogP contribution in [-0.2, 0) is 0 Å². The highest BCUT2D eigenvalue weighted by molar-refractivity contribution is 6.32. The van der Waals surface area contributed by atoms with Gasteiger partial charge in [0.15, 0.2) is 17.3 Å². The Kier molecular flexibility index (Phi) is 3.92. The number of ketones is 3. The minimum Gasteiger partial charge on any atom is -0.451 e. The molecule has 0 radical (unpaired) electrons. The van der Waals surface area contributed by atoms with Crippen LogP contribution < -0.4 is 0 Å². The number of hydrogen-bond donors (Lipinski definition) is 0. The van der Waals surface area contributed by atoms with Gasteiger partial charge in [0.2, 0.25) is 5.78 Å². The highest BCUT2D eigenvalue weighted by Gasteiger charge is 2.39. The van der Waals surface area contributed by atoms with Gasteiger partial charge in [-0.25, -0.2) is 0 Å². The number of benzene rings is 2. The smallest absolute Gasteiger partial charge is 0.201 e. The minimum atomic E-state index is -0.355. The van der Waals surface area contributed by atoms with Crippen LogP contribution in [0.1, 0.15) is 61.8 Å². The summed E-state index contributed by atoms with van der Waals surface area (Å²) in [6, 6.07) is 14.1. The number of Topliss-reactive ketones (excluding diaryl/α,β-unsaturated/α-hetero) is 1. The first-order valence-corrected chi connectivity index (χ1v) is 8.86. The van der Waals surface area contributed by atoms with Crippen molar-refractivity contribution in [2.75, 3.05) is 0 Å². The SMILES string of the molecule is Cc1ccc(-c2oc(C(=O)C(C)C)c3c2C(=O)c2ccccc2C3=O)cc1. The monoisotopic (exact) mass is 358 g/mol. The van der Waals surface area contributed by atoms with Gasteiger partial charge in [-0.3, -0.25) is 14.4 Å². The molecule has 0 N–H and O–H groups in total. The van der Waals surface area contributed by atoms with E-state index < -0.39 is 0 Å². The van der Waals surface area contributed by atoms with Crippen LogP contribution in [0.3, 0.4) is 0 Å². The zero-order chi connectivity index (χ0) is 19.3. The molecular formula is C23H18O4. The molecule has 3 aromatic rings. The summed E-state index contributed by atoms with van der Waals surface area (Å²) in [7, 11) is 0. The summed E-state index contributed by atoms with van der Waals surface area (Å²) in [6.45, 7) is 5.44. The summed E-state index contributed by atoms with van der Waals surface area (Å²) in [5.41, 5.74) is 2.65. The van der Waals surface area contributed by atoms with Crippen molar-refractivity contribution in [2.24, 2.45) is 5.92 Å². The molecule has 4 heteroatoms. The van der Waals surface area contributed by atoms with Crippen molar-refractivity contribution >= 4 is 17.3 Å². The largest absolute Gasteiger partial charge is 0.451 e. The molecule has 0 aliphatic heterocycles. The number of carbonyl (C=O) groups excluding carboxylic acids is 3. The van der Waals surface area contributed by atoms with Gasteiger partial charge in [0.05, 0.1) is 11.1 Å². The fraction of sp³-hybridized carbons (Fsp3) is 0.174. The summed E-state index contributed by atoms with van der Waals surface area (Å²) >= 11 is 0. The molecule has 0 unspecified atom stereocenters. The van der Waals surface area contributed by atoms with Gasteiger partial charge in [0.25, 0.3) is 0 Å². The summed E-state index contributed by atoms with van der Waals surface area (Å²) in [6.07, 6.45) is 0. The Morgan fingerprint density at radius 1 is 0.852 bits per heavy atom. The second kappa shape index (κ2) is 6.16. The standard InChI is InChI=1S/C23H18O4/c1-12(2)19(24)23-18-17(22(27-23)14-10-8-13(3)9-11-14)20(25)15-6-4-5-7-16(15)21(18)26/h4-12H,1-3H3. The Morgan fingerprint density at radius 2 is 1.41 bits per heavy atom. The Labute approximate surface area is 156 Å². The lowest BCUT2D eigenvalue weighted by atomic mass is 9.82. The highest BCUT2D eigenvalue weighted by Crippen LogP contribution is 2.39. The maximum absolute atomic E-state index is 13.2. The number of carbonyl (C=O) groups is 3. The van der Waals surface area contributed by atoms with E-state index >= 15 is 0 Å². The van der Waals surface area contributed by atoms with Crippen molar-refractivity contribution in [3.63, 3.8) is 0 Å². The number of hydrogen-bond acceptors (Lipinski definition) is 4. The molecule has 0 saturated carbocycles. The molecule has 27 heavy (non-hydrogen) atoms. The topological polar surface area (TPSA) is 64.3 Å². The molecule has 0 fully saturated rings. The van der Waals surface area contributed by atoms with Crippen molar-refractivity contribution in [2.45, 2.75) is 20.8 Å². The van der Waals surface area contributed by atoms with Crippen LogP contribution in [0.4, 0.5) is 0 Å². The maximum Gasteiger partial charge on any atom is 0.201 e. The molecule has 4 nitrogen and oxygen atoms in total. The van der Waals surface area contributed by atoms with E-state index in [1.165, 1.54) is 0 Å². The van der Waals surface area contributed by atoms with E-state index in [1.54, 1.807) is 38.1 Å². The third-order valence-electron chi connectivity index (χ3n) is 4.84. The average molecular weight is 358 g/mol. The third-order valence-corrected chi connectivity index (χ3v) is 4.84. The van der Waals surface area contributed by atoms with Gasteiger partial charge in [0.1, 0.15) is 5.76 Å². The van der Waals surface area contributed by atoms with Crippen LogP contribution in [0, 0.1) is 12.8 Å². The Bertz CT molecular complexity index is 1100. The predicted molar refractivity (Wildman–Crippen MR) is 101 cm³/mol. The van der Waals surface area contributed by atoms with E-state index in [-0.39, 0.29) is 45.9 Å². The number of furan rings is 1. The second-order valence-corrected chi connectivity index (χ2v) is 7.10. The molecule has 0 spiro atoms. The molecule has 0 amide bonds. The van der Waals surface area contributed by atoms with Crippen molar-refractivity contribution < 1.29 is 18.8 Å². The summed E-state index contributed by atoms with van der Waals surface area (Å²) in [4.78, 5) is 39.1. The van der Waals surface area contributed by atoms with Gasteiger partial charge in [-0.15, -0.1) is 0 Å². The molecule has 1 aliphatic carbocycles. The summed E-state index contributed by atoms with van der Waals surface area (Å²) in [5.74, 6) is -1.02. The maximum atomic E-state index is 13.2. The minimum absolute atomic E-state index is 0.0246. The fourth-order valence-electron chi connectivity index (χ4n) is 3.36. The molecule has 2 aromatic carbocycles. The van der Waals surface area contributed by atoms with E-state index in [0.717, 1.165) is 5.56 Å². The molecule has 1 heterocycles. The predicted octanol–water partition coefficient (Wildman–Crippen LogP) is 4.87. The highest BCUT2D eigenvalue weighted by atomic mass is 16.4. The van der Waals surface area contributed by atoms with Crippen molar-refractivity contribution in [3.05, 3.63) is 82.1 Å². The van der Waals surface area contributed by atoms with Crippen LogP contribution in [0.15, 0.2) is 52.9 Å². The molecule has 1 aliphatic rings. The van der Waals surface area contributed by atoms with Crippen molar-refractivity contribution in [1.82, 2.24) is 0 Å². The second-order valence-electron chi connectivity index (χ2n) is 7.10. The van der Waals surface area contributed by atoms with Gasteiger partial charge in [-0.05, 0) is 6.92 Å². The molecule has 134 valence electrons. The van der Waals surface area contributed by atoms with Gasteiger partial charge < -0.3 is 4.42 Å². The first-order valence-electron chi connectivity index (χ1n) is 8.86. The fourth-order valence-corrected chi connectivity index (χ4v) is 3.36. The van der Waals surface area contributed by atoms with E-state index in [0.29, 0.717) is 16.7 Å². The third kappa shape index (κ3) is 2.56. The molecular weight excluding hydrogens is 340 g/mol. The Morgan fingerprint density at radius 3 is 1.96 bits per heavy atom. The van der Waals surface area contributed by atoms with Crippen molar-refractivity contribution in [1.29, 1.82) is 0 Å². The Hall–Kier alpha value is -3.27. The first-order chi connectivity index (χ1) is 12.9. The normalized spacial score (nSPS) is 12.9. The van der Waals surface area contributed by atoms with Crippen LogP contribution in [-0.4, -0.2) is 17.3 Å². The van der Waals surface area contributed by atoms with Gasteiger partial charge in [0, 0.05) is 22.6 Å². The van der Waals surface area contributed by atoms with E-state index in [9.17, 15) is 14.4 Å². The van der Waals surface area contributed by atoms with Crippen LogP contribution in [0.5, 0.6) is 0 Å². The lowest BCUT2D eigenvalue weighted by molar-refractivity contribution is 0.0901. The van der Waals surface area contributed by atoms with E-state index in [2.05, 4.69) is 0 Å². The molecule has 0 bridgehead atoms. The summed E-state index contributed by atoms with van der Waals surface area (Å²) < 4.78 is 5.90. The average Bonchev–Trinajstić information content (AvgIpc) is 3.07.